The topological polar surface area (TPSA) is 54.9 Å². The second-order valence-corrected chi connectivity index (χ2v) is 4.69. The zero-order valence-electron chi connectivity index (χ0n) is 10.7. The molecule has 0 spiro atoms. The number of benzene rings is 1. The molecule has 1 heterocycles. The van der Waals surface area contributed by atoms with E-state index in [0.29, 0.717) is 11.5 Å². The molecule has 2 aromatic rings. The number of rotatable bonds is 2. The van der Waals surface area contributed by atoms with Crippen molar-refractivity contribution in [2.45, 2.75) is 26.7 Å². The Morgan fingerprint density at radius 3 is 2.61 bits per heavy atom. The van der Waals surface area contributed by atoms with Crippen LogP contribution >= 0.6 is 0 Å². The SMILES string of the molecule is Cc1cn(-c2cccc(C(C)C)c2)c(=O)[nH]c1=O. The van der Waals surface area contributed by atoms with E-state index in [4.69, 9.17) is 0 Å². The molecule has 1 N–H and O–H groups in total. The third kappa shape index (κ3) is 2.27. The van der Waals surface area contributed by atoms with Crippen molar-refractivity contribution in [2.24, 2.45) is 0 Å². The molecule has 0 aliphatic carbocycles. The molecule has 0 saturated heterocycles. The second-order valence-electron chi connectivity index (χ2n) is 4.69. The summed E-state index contributed by atoms with van der Waals surface area (Å²) in [5.74, 6) is 0.393. The number of nitrogens with one attached hydrogen (secondary N) is 1. The van der Waals surface area contributed by atoms with Gasteiger partial charge in [0.1, 0.15) is 0 Å². The van der Waals surface area contributed by atoms with Gasteiger partial charge in [-0.1, -0.05) is 26.0 Å². The highest BCUT2D eigenvalue weighted by molar-refractivity contribution is 5.37. The third-order valence-corrected chi connectivity index (χ3v) is 2.94. The molecule has 0 saturated carbocycles. The fourth-order valence-corrected chi connectivity index (χ4v) is 1.79. The van der Waals surface area contributed by atoms with Crippen LogP contribution in [0.2, 0.25) is 0 Å². The molecule has 0 radical (unpaired) electrons. The van der Waals surface area contributed by atoms with Crippen molar-refractivity contribution in [1.29, 1.82) is 0 Å². The van der Waals surface area contributed by atoms with Crippen LogP contribution in [0.3, 0.4) is 0 Å². The summed E-state index contributed by atoms with van der Waals surface area (Å²) < 4.78 is 1.46. The van der Waals surface area contributed by atoms with Gasteiger partial charge in [0.25, 0.3) is 5.56 Å². The second kappa shape index (κ2) is 4.64. The van der Waals surface area contributed by atoms with E-state index in [9.17, 15) is 9.59 Å². The van der Waals surface area contributed by atoms with Crippen LogP contribution in [0.15, 0.2) is 40.1 Å². The maximum atomic E-state index is 11.8. The first-order chi connectivity index (χ1) is 8.49. The van der Waals surface area contributed by atoms with E-state index < -0.39 is 5.69 Å². The van der Waals surface area contributed by atoms with Gasteiger partial charge in [0.05, 0.1) is 5.69 Å². The van der Waals surface area contributed by atoms with Gasteiger partial charge in [-0.2, -0.15) is 0 Å². The molecular weight excluding hydrogens is 228 g/mol. The van der Waals surface area contributed by atoms with Crippen molar-refractivity contribution >= 4 is 0 Å². The van der Waals surface area contributed by atoms with E-state index in [1.54, 1.807) is 13.1 Å². The van der Waals surface area contributed by atoms with E-state index in [2.05, 4.69) is 18.8 Å². The predicted molar refractivity (Wildman–Crippen MR) is 71.5 cm³/mol. The molecule has 1 aromatic heterocycles. The van der Waals surface area contributed by atoms with Gasteiger partial charge in [-0.3, -0.25) is 14.3 Å². The van der Waals surface area contributed by atoms with Crippen LogP contribution in [0, 0.1) is 6.92 Å². The van der Waals surface area contributed by atoms with E-state index in [1.165, 1.54) is 4.57 Å². The number of aryl methyl sites for hydroxylation is 1. The Morgan fingerprint density at radius 1 is 1.22 bits per heavy atom. The quantitative estimate of drug-likeness (QED) is 0.878. The first kappa shape index (κ1) is 12.4. The van der Waals surface area contributed by atoms with Gasteiger partial charge in [-0.05, 0) is 30.5 Å². The number of aromatic amines is 1. The average molecular weight is 244 g/mol. The van der Waals surface area contributed by atoms with Crippen molar-refractivity contribution in [3.05, 3.63) is 62.4 Å². The molecule has 0 bridgehead atoms. The molecule has 18 heavy (non-hydrogen) atoms. The van der Waals surface area contributed by atoms with Gasteiger partial charge in [-0.25, -0.2) is 4.79 Å². The highest BCUT2D eigenvalue weighted by Gasteiger charge is 2.05. The van der Waals surface area contributed by atoms with Gasteiger partial charge in [0.15, 0.2) is 0 Å². The lowest BCUT2D eigenvalue weighted by Gasteiger charge is -2.10. The van der Waals surface area contributed by atoms with Crippen LogP contribution in [0.4, 0.5) is 0 Å². The van der Waals surface area contributed by atoms with Crippen LogP contribution in [0.25, 0.3) is 5.69 Å². The molecule has 0 aliphatic rings. The minimum Gasteiger partial charge on any atom is -0.273 e. The highest BCUT2D eigenvalue weighted by Crippen LogP contribution is 2.17. The predicted octanol–water partition coefficient (Wildman–Crippen LogP) is 1.96. The third-order valence-electron chi connectivity index (χ3n) is 2.94. The normalized spacial score (nSPS) is 10.9. The van der Waals surface area contributed by atoms with Crippen LogP contribution in [0.1, 0.15) is 30.9 Å². The number of nitrogens with zero attached hydrogens (tertiary/aromatic N) is 1. The smallest absolute Gasteiger partial charge is 0.273 e. The van der Waals surface area contributed by atoms with E-state index in [1.807, 2.05) is 24.3 Å². The van der Waals surface area contributed by atoms with Gasteiger partial charge in [0, 0.05) is 11.8 Å². The molecular formula is C14H16N2O2. The monoisotopic (exact) mass is 244 g/mol. The fourth-order valence-electron chi connectivity index (χ4n) is 1.79. The summed E-state index contributed by atoms with van der Waals surface area (Å²) >= 11 is 0. The summed E-state index contributed by atoms with van der Waals surface area (Å²) in [5.41, 5.74) is 1.70. The molecule has 94 valence electrons. The molecule has 0 aliphatic heterocycles. The molecule has 0 fully saturated rings. The van der Waals surface area contributed by atoms with Crippen LogP contribution in [0.5, 0.6) is 0 Å². The molecule has 4 heteroatoms. The molecule has 0 unspecified atom stereocenters. The van der Waals surface area contributed by atoms with Crippen molar-refractivity contribution in [3.63, 3.8) is 0 Å². The molecule has 1 aromatic carbocycles. The van der Waals surface area contributed by atoms with Crippen molar-refractivity contribution in [3.8, 4) is 5.69 Å². The summed E-state index contributed by atoms with van der Waals surface area (Å²) in [6.45, 7) is 5.88. The lowest BCUT2D eigenvalue weighted by molar-refractivity contribution is 0.848. The zero-order chi connectivity index (χ0) is 13.3. The minimum absolute atomic E-state index is 0.337. The van der Waals surface area contributed by atoms with E-state index in [-0.39, 0.29) is 5.56 Å². The van der Waals surface area contributed by atoms with Crippen LogP contribution in [-0.2, 0) is 0 Å². The average Bonchev–Trinajstić information content (AvgIpc) is 2.34. The molecule has 2 rings (SSSR count). The summed E-state index contributed by atoms with van der Waals surface area (Å²) in [7, 11) is 0. The Hall–Kier alpha value is -2.10. The Kier molecular flexibility index (Phi) is 3.19. The Balaban J connectivity index is 2.62. The number of hydrogen-bond donors (Lipinski definition) is 1. The van der Waals surface area contributed by atoms with E-state index in [0.717, 1.165) is 11.3 Å². The van der Waals surface area contributed by atoms with Crippen molar-refractivity contribution in [2.75, 3.05) is 0 Å². The minimum atomic E-state index is -0.411. The lowest BCUT2D eigenvalue weighted by atomic mass is 10.0. The Morgan fingerprint density at radius 2 is 1.94 bits per heavy atom. The molecule has 4 nitrogen and oxygen atoms in total. The van der Waals surface area contributed by atoms with Crippen molar-refractivity contribution in [1.82, 2.24) is 9.55 Å². The Labute approximate surface area is 105 Å². The molecule has 0 amide bonds. The maximum absolute atomic E-state index is 11.8. The largest absolute Gasteiger partial charge is 0.332 e. The summed E-state index contributed by atoms with van der Waals surface area (Å²) in [4.78, 5) is 25.4. The van der Waals surface area contributed by atoms with Gasteiger partial charge in [0.2, 0.25) is 0 Å². The standard InChI is InChI=1S/C14H16N2O2/c1-9(2)11-5-4-6-12(7-11)16-8-10(3)13(17)15-14(16)18/h4-9H,1-3H3,(H,15,17,18). The first-order valence-electron chi connectivity index (χ1n) is 5.92. The zero-order valence-corrected chi connectivity index (χ0v) is 10.7. The summed E-state index contributed by atoms with van der Waals surface area (Å²) in [6.07, 6.45) is 1.57. The van der Waals surface area contributed by atoms with Gasteiger partial charge >= 0.3 is 5.69 Å². The number of H-pyrrole nitrogens is 1. The highest BCUT2D eigenvalue weighted by atomic mass is 16.2. The maximum Gasteiger partial charge on any atom is 0.332 e. The van der Waals surface area contributed by atoms with Crippen LogP contribution in [-0.4, -0.2) is 9.55 Å². The summed E-state index contributed by atoms with van der Waals surface area (Å²) in [6, 6.07) is 7.75. The van der Waals surface area contributed by atoms with E-state index >= 15 is 0 Å². The Bertz CT molecular complexity index is 681. The fraction of sp³-hybridized carbons (Fsp3) is 0.286. The van der Waals surface area contributed by atoms with Gasteiger partial charge < -0.3 is 0 Å². The number of hydrogen-bond acceptors (Lipinski definition) is 2. The van der Waals surface area contributed by atoms with Crippen LogP contribution < -0.4 is 11.2 Å². The van der Waals surface area contributed by atoms with Crippen molar-refractivity contribution < 1.29 is 0 Å². The number of aromatic nitrogens is 2. The summed E-state index contributed by atoms with van der Waals surface area (Å²) in [5, 5.41) is 0. The lowest BCUT2D eigenvalue weighted by Crippen LogP contribution is -2.29. The first-order valence-corrected chi connectivity index (χ1v) is 5.92. The van der Waals surface area contributed by atoms with Gasteiger partial charge in [-0.15, -0.1) is 0 Å². The molecule has 0 atom stereocenters.